The van der Waals surface area contributed by atoms with Gasteiger partial charge < -0.3 is 9.47 Å². The predicted octanol–water partition coefficient (Wildman–Crippen LogP) is 4.06. The average molecular weight is 352 g/mol. The molecule has 0 saturated heterocycles. The Kier molecular flexibility index (Phi) is 6.48. The highest BCUT2D eigenvalue weighted by Crippen LogP contribution is 2.33. The molecule has 136 valence electrons. The molecule has 0 aliphatic heterocycles. The van der Waals surface area contributed by atoms with Gasteiger partial charge in [-0.2, -0.15) is 5.26 Å². The Balaban J connectivity index is 2.89. The van der Waals surface area contributed by atoms with E-state index in [0.29, 0.717) is 40.4 Å². The van der Waals surface area contributed by atoms with Crippen LogP contribution in [0.15, 0.2) is 24.3 Å². The summed E-state index contributed by atoms with van der Waals surface area (Å²) in [5.41, 5.74) is 4.34. The third-order valence-corrected chi connectivity index (χ3v) is 4.07. The Morgan fingerprint density at radius 1 is 1.19 bits per heavy atom. The summed E-state index contributed by atoms with van der Waals surface area (Å²) in [6.45, 7) is 6.29. The van der Waals surface area contributed by atoms with E-state index < -0.39 is 5.97 Å². The second-order valence-electron chi connectivity index (χ2n) is 6.63. The number of nitriles is 1. The van der Waals surface area contributed by atoms with E-state index in [1.807, 2.05) is 31.2 Å². The summed E-state index contributed by atoms with van der Waals surface area (Å²) in [7, 11) is 2.88. The van der Waals surface area contributed by atoms with Crippen LogP contribution in [0, 0.1) is 24.2 Å². The van der Waals surface area contributed by atoms with E-state index in [9.17, 15) is 10.1 Å². The lowest BCUT2D eigenvalue weighted by Crippen LogP contribution is -2.15. The van der Waals surface area contributed by atoms with Gasteiger partial charge in [0.25, 0.3) is 0 Å². The van der Waals surface area contributed by atoms with Gasteiger partial charge in [-0.1, -0.05) is 43.7 Å². The van der Waals surface area contributed by atoms with Gasteiger partial charge in [0.05, 0.1) is 36.2 Å². The minimum atomic E-state index is -0.521. The SMILES string of the molecule is COCc1nc(CC(C)C)c(C#N)c(-c2ccc(C)cc2)c1C(=O)OC. The summed E-state index contributed by atoms with van der Waals surface area (Å²) in [5, 5.41) is 9.85. The number of ether oxygens (including phenoxy) is 2. The quantitative estimate of drug-likeness (QED) is 0.733. The van der Waals surface area contributed by atoms with Crippen molar-refractivity contribution >= 4 is 5.97 Å². The number of methoxy groups -OCH3 is 2. The molecule has 1 aromatic heterocycles. The van der Waals surface area contributed by atoms with Crippen molar-refractivity contribution in [3.05, 3.63) is 52.3 Å². The van der Waals surface area contributed by atoms with Crippen molar-refractivity contribution in [3.63, 3.8) is 0 Å². The van der Waals surface area contributed by atoms with E-state index in [1.54, 1.807) is 7.11 Å². The highest BCUT2D eigenvalue weighted by Gasteiger charge is 2.26. The van der Waals surface area contributed by atoms with Crippen molar-refractivity contribution in [2.75, 3.05) is 14.2 Å². The number of aryl methyl sites for hydroxylation is 1. The van der Waals surface area contributed by atoms with Crippen molar-refractivity contribution in [2.24, 2.45) is 5.92 Å². The monoisotopic (exact) mass is 352 g/mol. The number of nitrogens with zero attached hydrogens (tertiary/aromatic N) is 2. The molecule has 26 heavy (non-hydrogen) atoms. The number of benzene rings is 1. The van der Waals surface area contributed by atoms with Crippen molar-refractivity contribution in [1.29, 1.82) is 5.26 Å². The van der Waals surface area contributed by atoms with E-state index in [1.165, 1.54) is 7.11 Å². The van der Waals surface area contributed by atoms with Crippen molar-refractivity contribution in [1.82, 2.24) is 4.98 Å². The van der Waals surface area contributed by atoms with E-state index in [2.05, 4.69) is 24.9 Å². The van der Waals surface area contributed by atoms with Crippen LogP contribution in [0.2, 0.25) is 0 Å². The van der Waals surface area contributed by atoms with Crippen LogP contribution in [0.25, 0.3) is 11.1 Å². The molecule has 5 heteroatoms. The van der Waals surface area contributed by atoms with Crippen molar-refractivity contribution in [2.45, 2.75) is 33.8 Å². The standard InChI is InChI=1S/C21H24N2O3/c1-13(2)10-17-16(11-22)19(15-8-6-14(3)7-9-15)20(21(24)26-5)18(23-17)12-25-4/h6-9,13H,10,12H2,1-5H3. The summed E-state index contributed by atoms with van der Waals surface area (Å²) in [6.07, 6.45) is 0.639. The summed E-state index contributed by atoms with van der Waals surface area (Å²) in [5.74, 6) is -0.201. The van der Waals surface area contributed by atoms with Gasteiger partial charge in [0.1, 0.15) is 6.07 Å². The van der Waals surface area contributed by atoms with Gasteiger partial charge in [0, 0.05) is 12.7 Å². The van der Waals surface area contributed by atoms with Gasteiger partial charge in [-0.3, -0.25) is 4.98 Å². The summed E-state index contributed by atoms with van der Waals surface area (Å²) < 4.78 is 10.2. The lowest BCUT2D eigenvalue weighted by atomic mass is 9.90. The Morgan fingerprint density at radius 3 is 2.35 bits per heavy atom. The number of hydrogen-bond acceptors (Lipinski definition) is 5. The molecule has 2 rings (SSSR count). The third kappa shape index (κ3) is 4.09. The maximum atomic E-state index is 12.5. The van der Waals surface area contributed by atoms with Gasteiger partial charge >= 0.3 is 5.97 Å². The average Bonchev–Trinajstić information content (AvgIpc) is 2.61. The Hall–Kier alpha value is -2.71. The highest BCUT2D eigenvalue weighted by molar-refractivity contribution is 6.00. The Labute approximate surface area is 154 Å². The molecule has 0 fully saturated rings. The number of pyridine rings is 1. The molecule has 0 spiro atoms. The molecule has 0 aliphatic carbocycles. The largest absolute Gasteiger partial charge is 0.465 e. The zero-order valence-corrected chi connectivity index (χ0v) is 15.9. The molecule has 1 aromatic carbocycles. The smallest absolute Gasteiger partial charge is 0.340 e. The second kappa shape index (κ2) is 8.59. The minimum Gasteiger partial charge on any atom is -0.465 e. The van der Waals surface area contributed by atoms with E-state index in [0.717, 1.165) is 11.1 Å². The zero-order valence-electron chi connectivity index (χ0n) is 15.9. The van der Waals surface area contributed by atoms with E-state index in [-0.39, 0.29) is 6.61 Å². The predicted molar refractivity (Wildman–Crippen MR) is 99.7 cm³/mol. The molecule has 2 aromatic rings. The highest BCUT2D eigenvalue weighted by atomic mass is 16.5. The number of carbonyl (C=O) groups is 1. The van der Waals surface area contributed by atoms with Gasteiger partial charge in [0.15, 0.2) is 0 Å². The first-order valence-electron chi connectivity index (χ1n) is 8.53. The minimum absolute atomic E-state index is 0.167. The van der Waals surface area contributed by atoms with Crippen LogP contribution in [0.3, 0.4) is 0 Å². The Morgan fingerprint density at radius 2 is 1.85 bits per heavy atom. The molecule has 0 atom stereocenters. The number of hydrogen-bond donors (Lipinski definition) is 0. The fraction of sp³-hybridized carbons (Fsp3) is 0.381. The van der Waals surface area contributed by atoms with Crippen LogP contribution in [0.5, 0.6) is 0 Å². The summed E-state index contributed by atoms with van der Waals surface area (Å²) in [4.78, 5) is 17.1. The van der Waals surface area contributed by atoms with Crippen molar-refractivity contribution in [3.8, 4) is 17.2 Å². The Bertz CT molecular complexity index is 834. The van der Waals surface area contributed by atoms with Gasteiger partial charge in [0.2, 0.25) is 0 Å². The van der Waals surface area contributed by atoms with Crippen LogP contribution in [-0.4, -0.2) is 25.2 Å². The molecule has 0 N–H and O–H groups in total. The zero-order chi connectivity index (χ0) is 19.3. The van der Waals surface area contributed by atoms with Crippen LogP contribution in [0.1, 0.15) is 46.7 Å². The molecule has 0 radical (unpaired) electrons. The first kappa shape index (κ1) is 19.6. The second-order valence-corrected chi connectivity index (χ2v) is 6.63. The lowest BCUT2D eigenvalue weighted by Gasteiger charge is -2.18. The molecule has 0 aliphatic rings. The normalized spacial score (nSPS) is 10.7. The molecule has 0 unspecified atom stereocenters. The van der Waals surface area contributed by atoms with Gasteiger partial charge in [-0.25, -0.2) is 4.79 Å². The van der Waals surface area contributed by atoms with Crippen LogP contribution >= 0.6 is 0 Å². The number of esters is 1. The van der Waals surface area contributed by atoms with Crippen LogP contribution in [-0.2, 0) is 22.5 Å². The first-order chi connectivity index (χ1) is 12.4. The maximum Gasteiger partial charge on any atom is 0.340 e. The lowest BCUT2D eigenvalue weighted by molar-refractivity contribution is 0.0595. The molecule has 1 heterocycles. The fourth-order valence-corrected chi connectivity index (χ4v) is 2.92. The van der Waals surface area contributed by atoms with E-state index in [4.69, 9.17) is 9.47 Å². The molecule has 0 saturated carbocycles. The number of carbonyl (C=O) groups excluding carboxylic acids is 1. The third-order valence-electron chi connectivity index (χ3n) is 4.07. The van der Waals surface area contributed by atoms with Gasteiger partial charge in [-0.15, -0.1) is 0 Å². The summed E-state index contributed by atoms with van der Waals surface area (Å²) >= 11 is 0. The van der Waals surface area contributed by atoms with Crippen LogP contribution < -0.4 is 0 Å². The molecule has 5 nitrogen and oxygen atoms in total. The molecule has 0 bridgehead atoms. The molecule has 0 amide bonds. The maximum absolute atomic E-state index is 12.5. The van der Waals surface area contributed by atoms with Crippen LogP contribution in [0.4, 0.5) is 0 Å². The first-order valence-corrected chi connectivity index (χ1v) is 8.53. The molecular formula is C21H24N2O3. The molecular weight excluding hydrogens is 328 g/mol. The number of rotatable bonds is 6. The van der Waals surface area contributed by atoms with Crippen molar-refractivity contribution < 1.29 is 14.3 Å². The topological polar surface area (TPSA) is 72.2 Å². The number of aromatic nitrogens is 1. The summed E-state index contributed by atoms with van der Waals surface area (Å²) in [6, 6.07) is 9.99. The van der Waals surface area contributed by atoms with E-state index >= 15 is 0 Å². The van der Waals surface area contributed by atoms with Gasteiger partial charge in [-0.05, 0) is 24.8 Å². The fourth-order valence-electron chi connectivity index (χ4n) is 2.92.